The molecule has 38 heavy (non-hydrogen) atoms. The van der Waals surface area contributed by atoms with Crippen molar-refractivity contribution in [2.24, 2.45) is 0 Å². The van der Waals surface area contributed by atoms with E-state index in [1.54, 1.807) is 26.4 Å². The number of imide groups is 1. The summed E-state index contributed by atoms with van der Waals surface area (Å²) in [6.07, 6.45) is 2.32. The molecule has 5 rings (SSSR count). The summed E-state index contributed by atoms with van der Waals surface area (Å²) in [5.74, 6) is 1.76. The fraction of sp³-hybridized carbons (Fsp3) is 0.333. The van der Waals surface area contributed by atoms with Crippen LogP contribution in [-0.4, -0.2) is 62.0 Å². The molecule has 0 N–H and O–H groups in total. The molecule has 2 amide bonds. The first kappa shape index (κ1) is 25.6. The van der Waals surface area contributed by atoms with E-state index in [0.29, 0.717) is 35.7 Å². The minimum atomic E-state index is -0.291. The van der Waals surface area contributed by atoms with Crippen molar-refractivity contribution in [3.63, 3.8) is 0 Å². The summed E-state index contributed by atoms with van der Waals surface area (Å²) < 4.78 is 22.7. The zero-order valence-electron chi connectivity index (χ0n) is 21.8. The molecule has 3 aromatic carbocycles. The number of ether oxygens (including phenoxy) is 4. The van der Waals surface area contributed by atoms with Crippen LogP contribution in [-0.2, 0) is 13.2 Å². The second-order valence-electron chi connectivity index (χ2n) is 9.43. The molecule has 0 unspecified atom stereocenters. The zero-order valence-corrected chi connectivity index (χ0v) is 21.8. The third-order valence-corrected chi connectivity index (χ3v) is 6.98. The van der Waals surface area contributed by atoms with E-state index in [4.69, 9.17) is 18.9 Å². The number of rotatable bonds is 11. The molecule has 8 heteroatoms. The highest BCUT2D eigenvalue weighted by Crippen LogP contribution is 2.36. The van der Waals surface area contributed by atoms with Crippen molar-refractivity contribution in [1.29, 1.82) is 0 Å². The molecule has 0 spiro atoms. The van der Waals surface area contributed by atoms with Crippen LogP contribution in [0.25, 0.3) is 0 Å². The second-order valence-corrected chi connectivity index (χ2v) is 9.43. The largest absolute Gasteiger partial charge is 0.497 e. The predicted molar refractivity (Wildman–Crippen MR) is 142 cm³/mol. The van der Waals surface area contributed by atoms with Gasteiger partial charge in [-0.2, -0.15) is 0 Å². The van der Waals surface area contributed by atoms with Crippen LogP contribution in [0.3, 0.4) is 0 Å². The van der Waals surface area contributed by atoms with Gasteiger partial charge in [0.05, 0.1) is 25.3 Å². The molecular formula is C30H32N2O6. The Hall–Kier alpha value is -4.04. The smallest absolute Gasteiger partial charge is 0.261 e. The number of nitrogens with zero attached hydrogens (tertiary/aromatic N) is 2. The van der Waals surface area contributed by atoms with Crippen LogP contribution < -0.4 is 18.9 Å². The zero-order chi connectivity index (χ0) is 26.5. The van der Waals surface area contributed by atoms with Crippen LogP contribution in [0.4, 0.5) is 0 Å². The summed E-state index contributed by atoms with van der Waals surface area (Å²) >= 11 is 0. The number of hydrogen-bond donors (Lipinski definition) is 0. The van der Waals surface area contributed by atoms with Crippen molar-refractivity contribution in [1.82, 2.24) is 9.80 Å². The number of benzene rings is 3. The number of fused-ring (bicyclic) bond motifs is 1. The number of carbonyl (C=O) groups excluding carboxylic acids is 2. The Morgan fingerprint density at radius 1 is 0.658 bits per heavy atom. The van der Waals surface area contributed by atoms with Gasteiger partial charge in [-0.05, 0) is 73.5 Å². The van der Waals surface area contributed by atoms with Crippen molar-refractivity contribution in [3.05, 3.63) is 82.9 Å². The molecule has 198 valence electrons. The highest BCUT2D eigenvalue weighted by atomic mass is 16.5. The van der Waals surface area contributed by atoms with Gasteiger partial charge in [-0.3, -0.25) is 14.5 Å². The van der Waals surface area contributed by atoms with E-state index in [-0.39, 0.29) is 25.0 Å². The summed E-state index contributed by atoms with van der Waals surface area (Å²) in [7, 11) is 3.24. The summed E-state index contributed by atoms with van der Waals surface area (Å²) in [5.41, 5.74) is 2.56. The Labute approximate surface area is 222 Å². The molecule has 2 aliphatic heterocycles. The topological polar surface area (TPSA) is 77.5 Å². The molecule has 1 saturated heterocycles. The van der Waals surface area contributed by atoms with E-state index >= 15 is 0 Å². The van der Waals surface area contributed by atoms with Gasteiger partial charge < -0.3 is 23.8 Å². The quantitative estimate of drug-likeness (QED) is 0.346. The Kier molecular flexibility index (Phi) is 7.79. The van der Waals surface area contributed by atoms with E-state index in [2.05, 4.69) is 4.90 Å². The lowest BCUT2D eigenvalue weighted by Crippen LogP contribution is -2.37. The third-order valence-electron chi connectivity index (χ3n) is 6.98. The monoisotopic (exact) mass is 516 g/mol. The molecule has 0 aromatic heterocycles. The van der Waals surface area contributed by atoms with E-state index in [1.165, 1.54) is 4.90 Å². The van der Waals surface area contributed by atoms with Crippen molar-refractivity contribution < 1.29 is 28.5 Å². The molecule has 0 saturated carbocycles. The van der Waals surface area contributed by atoms with Gasteiger partial charge >= 0.3 is 0 Å². The second kappa shape index (κ2) is 11.6. The standard InChI is InChI=1S/C30H32N2O6/c1-35-23-9-5-21(6-10-23)19-37-27-17-25-26(18-28(27)38-20-22-7-11-24(36-2)12-8-22)30(34)32(29(25)33)16-15-31-13-3-4-14-31/h5-12,17-18H,3-4,13-16,19-20H2,1-2H3. The Morgan fingerprint density at radius 3 is 1.53 bits per heavy atom. The van der Waals surface area contributed by atoms with E-state index in [9.17, 15) is 9.59 Å². The Balaban J connectivity index is 1.37. The predicted octanol–water partition coefficient (Wildman–Crippen LogP) is 4.55. The Morgan fingerprint density at radius 2 is 1.11 bits per heavy atom. The molecule has 0 atom stereocenters. The minimum absolute atomic E-state index is 0.266. The van der Waals surface area contributed by atoms with Gasteiger partial charge in [-0.1, -0.05) is 24.3 Å². The number of methoxy groups -OCH3 is 2. The van der Waals surface area contributed by atoms with Crippen LogP contribution in [0.1, 0.15) is 44.7 Å². The lowest BCUT2D eigenvalue weighted by molar-refractivity contribution is 0.0640. The normalized spacial score (nSPS) is 15.1. The molecular weight excluding hydrogens is 484 g/mol. The van der Waals surface area contributed by atoms with E-state index < -0.39 is 0 Å². The third kappa shape index (κ3) is 5.60. The van der Waals surface area contributed by atoms with Gasteiger partial charge in [0, 0.05) is 13.1 Å². The molecule has 3 aromatic rings. The number of likely N-dealkylation sites (tertiary alicyclic amines) is 1. The van der Waals surface area contributed by atoms with Gasteiger partial charge in [0.25, 0.3) is 11.8 Å². The maximum Gasteiger partial charge on any atom is 0.261 e. The van der Waals surface area contributed by atoms with Crippen molar-refractivity contribution >= 4 is 11.8 Å². The average Bonchev–Trinajstić information content (AvgIpc) is 3.56. The van der Waals surface area contributed by atoms with Crippen LogP contribution in [0, 0.1) is 0 Å². The van der Waals surface area contributed by atoms with Crippen molar-refractivity contribution in [2.45, 2.75) is 26.1 Å². The summed E-state index contributed by atoms with van der Waals surface area (Å²) in [5, 5.41) is 0. The Bertz CT molecular complexity index is 1190. The lowest BCUT2D eigenvalue weighted by atomic mass is 10.1. The summed E-state index contributed by atoms with van der Waals surface area (Å²) in [6.45, 7) is 3.61. The lowest BCUT2D eigenvalue weighted by Gasteiger charge is -2.19. The van der Waals surface area contributed by atoms with Gasteiger partial charge in [0.2, 0.25) is 0 Å². The molecule has 0 aliphatic carbocycles. The highest BCUT2D eigenvalue weighted by Gasteiger charge is 2.37. The van der Waals surface area contributed by atoms with Crippen molar-refractivity contribution in [2.75, 3.05) is 40.4 Å². The van der Waals surface area contributed by atoms with E-state index in [0.717, 1.165) is 48.6 Å². The number of amides is 2. The average molecular weight is 517 g/mol. The number of hydrogen-bond acceptors (Lipinski definition) is 7. The highest BCUT2D eigenvalue weighted by molar-refractivity contribution is 6.21. The first-order valence-electron chi connectivity index (χ1n) is 12.8. The molecule has 0 bridgehead atoms. The van der Waals surface area contributed by atoms with Crippen molar-refractivity contribution in [3.8, 4) is 23.0 Å². The maximum atomic E-state index is 13.2. The minimum Gasteiger partial charge on any atom is -0.497 e. The van der Waals surface area contributed by atoms with Crippen LogP contribution in [0.5, 0.6) is 23.0 Å². The van der Waals surface area contributed by atoms with Gasteiger partial charge in [0.1, 0.15) is 24.7 Å². The fourth-order valence-corrected chi connectivity index (χ4v) is 4.74. The van der Waals surface area contributed by atoms with Gasteiger partial charge in [0.15, 0.2) is 11.5 Å². The SMILES string of the molecule is COc1ccc(COc2cc3c(cc2OCc2ccc(OC)cc2)C(=O)N(CCN2CCCC2)C3=O)cc1. The molecule has 1 fully saturated rings. The van der Waals surface area contributed by atoms with Crippen LogP contribution in [0.15, 0.2) is 60.7 Å². The fourth-order valence-electron chi connectivity index (χ4n) is 4.74. The molecule has 2 heterocycles. The molecule has 2 aliphatic rings. The first-order chi connectivity index (χ1) is 18.6. The first-order valence-corrected chi connectivity index (χ1v) is 12.8. The van der Waals surface area contributed by atoms with Gasteiger partial charge in [-0.25, -0.2) is 0 Å². The van der Waals surface area contributed by atoms with E-state index in [1.807, 2.05) is 48.5 Å². The summed E-state index contributed by atoms with van der Waals surface area (Å²) in [6, 6.07) is 18.4. The summed E-state index contributed by atoms with van der Waals surface area (Å²) in [4.78, 5) is 30.1. The van der Waals surface area contributed by atoms with Crippen LogP contribution in [0.2, 0.25) is 0 Å². The molecule has 8 nitrogen and oxygen atoms in total. The van der Waals surface area contributed by atoms with Gasteiger partial charge in [-0.15, -0.1) is 0 Å². The number of carbonyl (C=O) groups is 2. The molecule has 0 radical (unpaired) electrons. The maximum absolute atomic E-state index is 13.2. The van der Waals surface area contributed by atoms with Crippen LogP contribution >= 0.6 is 0 Å².